The van der Waals surface area contributed by atoms with Crippen molar-refractivity contribution in [2.45, 2.75) is 57.0 Å². The number of rotatable bonds is 8. The smallest absolute Gasteiger partial charge is 0.243 e. The van der Waals surface area contributed by atoms with Crippen LogP contribution in [0.25, 0.3) is 0 Å². The second-order valence-electron chi connectivity index (χ2n) is 9.83. The number of nitrogens with zero attached hydrogens (tertiary/aromatic N) is 2. The van der Waals surface area contributed by atoms with E-state index >= 15 is 0 Å². The standard InChI is InChI=1S/C28H32N2O4S2/c1-19-4-9-23(10-5-19)36(32,33)30(22-7-8-22)17-28(31)29-14-12-27-24(13-15-35-27)25(29)18-34-26-11-6-20(2)16-21(26)3/h4-6,9-11,13,15-16,22,25H,7-8,12,14,17-18H2,1-3H3/t25-/m1/s1. The van der Waals surface area contributed by atoms with Crippen LogP contribution in [0.1, 0.15) is 46.0 Å². The van der Waals surface area contributed by atoms with Crippen LogP contribution in [0.4, 0.5) is 0 Å². The van der Waals surface area contributed by atoms with Gasteiger partial charge in [0, 0.05) is 17.5 Å². The maximum atomic E-state index is 13.7. The molecule has 1 saturated carbocycles. The molecule has 2 aliphatic rings. The summed E-state index contributed by atoms with van der Waals surface area (Å²) >= 11 is 1.70. The van der Waals surface area contributed by atoms with Gasteiger partial charge in [-0.2, -0.15) is 4.31 Å². The Bertz CT molecular complexity index is 1360. The third-order valence-electron chi connectivity index (χ3n) is 7.02. The van der Waals surface area contributed by atoms with E-state index in [9.17, 15) is 13.2 Å². The van der Waals surface area contributed by atoms with Crippen LogP contribution in [0.2, 0.25) is 0 Å². The molecule has 190 valence electrons. The van der Waals surface area contributed by atoms with Crippen molar-refractivity contribution in [2.24, 2.45) is 0 Å². The summed E-state index contributed by atoms with van der Waals surface area (Å²) in [7, 11) is -3.76. The number of fused-ring (bicyclic) bond motifs is 1. The first-order valence-electron chi connectivity index (χ1n) is 12.4. The van der Waals surface area contributed by atoms with Gasteiger partial charge in [0.05, 0.1) is 17.5 Å². The number of hydrogen-bond acceptors (Lipinski definition) is 5. The van der Waals surface area contributed by atoms with Gasteiger partial charge in [0.25, 0.3) is 0 Å². The largest absolute Gasteiger partial charge is 0.491 e. The lowest BCUT2D eigenvalue weighted by atomic mass is 10.0. The van der Waals surface area contributed by atoms with Gasteiger partial charge >= 0.3 is 0 Å². The van der Waals surface area contributed by atoms with Gasteiger partial charge in [-0.3, -0.25) is 4.79 Å². The molecule has 3 aromatic rings. The average molecular weight is 525 g/mol. The summed E-state index contributed by atoms with van der Waals surface area (Å²) in [6, 6.07) is 14.6. The predicted molar refractivity (Wildman–Crippen MR) is 142 cm³/mol. The number of sulfonamides is 1. The lowest BCUT2D eigenvalue weighted by Crippen LogP contribution is -2.48. The van der Waals surface area contributed by atoms with Crippen LogP contribution >= 0.6 is 11.3 Å². The molecule has 1 aromatic heterocycles. The lowest BCUT2D eigenvalue weighted by molar-refractivity contribution is -0.135. The number of aryl methyl sites for hydroxylation is 3. The van der Waals surface area contributed by atoms with Crippen LogP contribution in [0.5, 0.6) is 5.75 Å². The Hall–Kier alpha value is -2.68. The van der Waals surface area contributed by atoms with Crippen molar-refractivity contribution in [1.29, 1.82) is 0 Å². The molecule has 2 heterocycles. The number of carbonyl (C=O) groups is 1. The summed E-state index contributed by atoms with van der Waals surface area (Å²) in [6.07, 6.45) is 2.34. The molecule has 0 bridgehead atoms. The summed E-state index contributed by atoms with van der Waals surface area (Å²) in [5, 5.41) is 2.06. The Morgan fingerprint density at radius 2 is 1.78 bits per heavy atom. The summed E-state index contributed by atoms with van der Waals surface area (Å²) in [5.74, 6) is 0.626. The highest BCUT2D eigenvalue weighted by atomic mass is 32.2. The molecule has 2 aromatic carbocycles. The summed E-state index contributed by atoms with van der Waals surface area (Å²) in [5.41, 5.74) is 4.32. The normalized spacial score (nSPS) is 17.8. The maximum Gasteiger partial charge on any atom is 0.243 e. The van der Waals surface area contributed by atoms with E-state index in [1.807, 2.05) is 37.8 Å². The first-order valence-corrected chi connectivity index (χ1v) is 14.7. The zero-order valence-corrected chi connectivity index (χ0v) is 22.6. The minimum absolute atomic E-state index is 0.119. The van der Waals surface area contributed by atoms with Crippen molar-refractivity contribution in [2.75, 3.05) is 19.7 Å². The third-order valence-corrected chi connectivity index (χ3v) is 9.92. The number of hydrogen-bond donors (Lipinski definition) is 0. The summed E-state index contributed by atoms with van der Waals surface area (Å²) < 4.78 is 34.6. The molecule has 0 saturated heterocycles. The number of benzene rings is 2. The Balaban J connectivity index is 1.38. The van der Waals surface area contributed by atoms with Gasteiger partial charge in [-0.25, -0.2) is 8.42 Å². The fraction of sp³-hybridized carbons (Fsp3) is 0.393. The van der Waals surface area contributed by atoms with Crippen molar-refractivity contribution in [3.63, 3.8) is 0 Å². The third kappa shape index (κ3) is 5.08. The molecule has 1 aliphatic heterocycles. The Kier molecular flexibility index (Phi) is 6.94. The van der Waals surface area contributed by atoms with E-state index in [1.54, 1.807) is 35.6 Å². The topological polar surface area (TPSA) is 66.9 Å². The second kappa shape index (κ2) is 10.00. The quantitative estimate of drug-likeness (QED) is 0.415. The molecule has 36 heavy (non-hydrogen) atoms. The fourth-order valence-corrected chi connectivity index (χ4v) is 7.41. The van der Waals surface area contributed by atoms with E-state index in [0.29, 0.717) is 13.2 Å². The number of ether oxygens (including phenoxy) is 1. The molecule has 0 unspecified atom stereocenters. The molecule has 8 heteroatoms. The molecule has 1 aliphatic carbocycles. The van der Waals surface area contributed by atoms with Crippen molar-refractivity contribution in [1.82, 2.24) is 9.21 Å². The van der Waals surface area contributed by atoms with E-state index in [0.717, 1.165) is 41.7 Å². The molecule has 1 amide bonds. The Morgan fingerprint density at radius 1 is 1.06 bits per heavy atom. The van der Waals surface area contributed by atoms with E-state index in [4.69, 9.17) is 4.74 Å². The first kappa shape index (κ1) is 25.0. The summed E-state index contributed by atoms with van der Waals surface area (Å²) in [4.78, 5) is 17.0. The van der Waals surface area contributed by atoms with E-state index in [-0.39, 0.29) is 29.4 Å². The molecule has 0 N–H and O–H groups in total. The Labute approximate surface area is 217 Å². The van der Waals surface area contributed by atoms with Crippen LogP contribution in [-0.4, -0.2) is 49.3 Å². The highest BCUT2D eigenvalue weighted by Crippen LogP contribution is 2.36. The monoisotopic (exact) mass is 524 g/mol. The van der Waals surface area contributed by atoms with E-state index in [2.05, 4.69) is 17.5 Å². The summed E-state index contributed by atoms with van der Waals surface area (Å²) in [6.45, 7) is 6.72. The molecule has 5 rings (SSSR count). The number of thiophene rings is 1. The van der Waals surface area contributed by atoms with Crippen LogP contribution in [0, 0.1) is 20.8 Å². The maximum absolute atomic E-state index is 13.7. The molecular formula is C28H32N2O4S2. The van der Waals surface area contributed by atoms with Gasteiger partial charge in [-0.05, 0) is 80.8 Å². The number of amides is 1. The zero-order valence-electron chi connectivity index (χ0n) is 20.9. The predicted octanol–water partition coefficient (Wildman–Crippen LogP) is 5.03. The van der Waals surface area contributed by atoms with E-state index < -0.39 is 10.0 Å². The van der Waals surface area contributed by atoms with Crippen LogP contribution in [-0.2, 0) is 21.2 Å². The molecule has 1 fully saturated rings. The van der Waals surface area contributed by atoms with E-state index in [1.165, 1.54) is 14.7 Å². The molecule has 0 radical (unpaired) electrons. The first-order chi connectivity index (χ1) is 17.2. The van der Waals surface area contributed by atoms with Gasteiger partial charge in [0.15, 0.2) is 0 Å². The molecular weight excluding hydrogens is 492 g/mol. The SMILES string of the molecule is Cc1ccc(S(=O)(=O)N(CC(=O)N2CCc3sccc3[C@H]2COc2ccc(C)cc2C)C2CC2)cc1. The molecule has 6 nitrogen and oxygen atoms in total. The highest BCUT2D eigenvalue weighted by molar-refractivity contribution is 7.89. The highest BCUT2D eigenvalue weighted by Gasteiger charge is 2.41. The fourth-order valence-electron chi connectivity index (χ4n) is 4.85. The van der Waals surface area contributed by atoms with Gasteiger partial charge in [-0.1, -0.05) is 35.4 Å². The average Bonchev–Trinajstić information content (AvgIpc) is 3.57. The van der Waals surface area contributed by atoms with Crippen LogP contribution < -0.4 is 4.74 Å². The van der Waals surface area contributed by atoms with Gasteiger partial charge in [-0.15, -0.1) is 11.3 Å². The minimum Gasteiger partial charge on any atom is -0.491 e. The van der Waals surface area contributed by atoms with Gasteiger partial charge in [0.1, 0.15) is 12.4 Å². The minimum atomic E-state index is -3.76. The second-order valence-corrected chi connectivity index (χ2v) is 12.7. The van der Waals surface area contributed by atoms with Crippen molar-refractivity contribution >= 4 is 27.3 Å². The van der Waals surface area contributed by atoms with Gasteiger partial charge in [0.2, 0.25) is 15.9 Å². The van der Waals surface area contributed by atoms with Crippen molar-refractivity contribution < 1.29 is 17.9 Å². The molecule has 0 spiro atoms. The zero-order chi connectivity index (χ0) is 25.4. The Morgan fingerprint density at radius 3 is 2.47 bits per heavy atom. The van der Waals surface area contributed by atoms with Crippen LogP contribution in [0.3, 0.4) is 0 Å². The van der Waals surface area contributed by atoms with Crippen molar-refractivity contribution in [3.05, 3.63) is 81.0 Å². The molecule has 1 atom stereocenters. The van der Waals surface area contributed by atoms with Crippen molar-refractivity contribution in [3.8, 4) is 5.75 Å². The van der Waals surface area contributed by atoms with Crippen LogP contribution in [0.15, 0.2) is 58.8 Å². The lowest BCUT2D eigenvalue weighted by Gasteiger charge is -2.37. The number of carbonyl (C=O) groups excluding carboxylic acids is 1. The van der Waals surface area contributed by atoms with Gasteiger partial charge < -0.3 is 9.64 Å².